The maximum atomic E-state index is 13.9. The Morgan fingerprint density at radius 1 is 0.977 bits per heavy atom. The first-order valence-electron chi connectivity index (χ1n) is 16.3. The van der Waals surface area contributed by atoms with E-state index in [0.29, 0.717) is 23.2 Å². The van der Waals surface area contributed by atoms with Crippen molar-refractivity contribution in [3.63, 3.8) is 0 Å². The third-order valence-corrected chi connectivity index (χ3v) is 9.84. The van der Waals surface area contributed by atoms with E-state index in [2.05, 4.69) is 58.2 Å². The molecule has 2 saturated heterocycles. The molecule has 0 saturated carbocycles. The van der Waals surface area contributed by atoms with Crippen LogP contribution in [0.5, 0.6) is 0 Å². The zero-order valence-corrected chi connectivity index (χ0v) is 26.6. The SMILES string of the molecule is CCN(c1cc(-c2ccc3c(c2)C(N2CCOCC2)CC3)cc(C(=O)NCc2c(C)cc(C)[nH]c2=O)c1C)C1CCOCC1. The van der Waals surface area contributed by atoms with Crippen molar-refractivity contribution in [3.8, 4) is 11.1 Å². The lowest BCUT2D eigenvalue weighted by Crippen LogP contribution is -2.40. The van der Waals surface area contributed by atoms with Gasteiger partial charge in [-0.15, -0.1) is 0 Å². The van der Waals surface area contributed by atoms with Crippen LogP contribution in [0.3, 0.4) is 0 Å². The number of anilines is 1. The van der Waals surface area contributed by atoms with Crippen LogP contribution in [0, 0.1) is 20.8 Å². The van der Waals surface area contributed by atoms with Crippen molar-refractivity contribution >= 4 is 11.6 Å². The summed E-state index contributed by atoms with van der Waals surface area (Å²) in [5.41, 5.74) is 9.83. The highest BCUT2D eigenvalue weighted by atomic mass is 16.5. The first-order chi connectivity index (χ1) is 21.3. The number of fused-ring (bicyclic) bond motifs is 1. The number of carbonyl (C=O) groups excluding carboxylic acids is 1. The van der Waals surface area contributed by atoms with Crippen LogP contribution in [-0.4, -0.2) is 67.9 Å². The van der Waals surface area contributed by atoms with Crippen LogP contribution in [0.15, 0.2) is 41.2 Å². The average molecular weight is 599 g/mol. The minimum Gasteiger partial charge on any atom is -0.381 e. The number of pyridine rings is 1. The highest BCUT2D eigenvalue weighted by molar-refractivity contribution is 5.99. The largest absolute Gasteiger partial charge is 0.381 e. The molecule has 0 bridgehead atoms. The summed E-state index contributed by atoms with van der Waals surface area (Å²) < 4.78 is 11.3. The first-order valence-corrected chi connectivity index (χ1v) is 16.3. The number of benzene rings is 2. The summed E-state index contributed by atoms with van der Waals surface area (Å²) in [6.45, 7) is 14.1. The summed E-state index contributed by atoms with van der Waals surface area (Å²) in [5.74, 6) is -0.166. The molecule has 2 N–H and O–H groups in total. The number of morpholine rings is 1. The Kier molecular flexibility index (Phi) is 9.21. The lowest BCUT2D eigenvalue weighted by molar-refractivity contribution is 0.0164. The van der Waals surface area contributed by atoms with Crippen LogP contribution in [0.25, 0.3) is 11.1 Å². The van der Waals surface area contributed by atoms with Gasteiger partial charge in [-0.2, -0.15) is 0 Å². The summed E-state index contributed by atoms with van der Waals surface area (Å²) in [7, 11) is 0. The van der Waals surface area contributed by atoms with E-state index in [-0.39, 0.29) is 18.0 Å². The van der Waals surface area contributed by atoms with E-state index in [1.807, 2.05) is 26.0 Å². The molecule has 1 aromatic heterocycles. The molecule has 8 heteroatoms. The van der Waals surface area contributed by atoms with E-state index in [9.17, 15) is 9.59 Å². The molecular weight excluding hydrogens is 552 g/mol. The second-order valence-corrected chi connectivity index (χ2v) is 12.5. The Balaban J connectivity index is 1.38. The molecule has 2 aromatic carbocycles. The van der Waals surface area contributed by atoms with E-state index < -0.39 is 0 Å². The Morgan fingerprint density at radius 3 is 2.45 bits per heavy atom. The highest BCUT2D eigenvalue weighted by Crippen LogP contribution is 2.40. The van der Waals surface area contributed by atoms with Gasteiger partial charge in [0.2, 0.25) is 0 Å². The van der Waals surface area contributed by atoms with Gasteiger partial charge >= 0.3 is 0 Å². The monoisotopic (exact) mass is 598 g/mol. The van der Waals surface area contributed by atoms with Crippen LogP contribution < -0.4 is 15.8 Å². The van der Waals surface area contributed by atoms with Gasteiger partial charge in [0, 0.05) is 74.0 Å². The fourth-order valence-corrected chi connectivity index (χ4v) is 7.42. The maximum absolute atomic E-state index is 13.9. The predicted octanol–water partition coefficient (Wildman–Crippen LogP) is 5.22. The van der Waals surface area contributed by atoms with E-state index >= 15 is 0 Å². The van der Waals surface area contributed by atoms with E-state index in [4.69, 9.17) is 9.47 Å². The van der Waals surface area contributed by atoms with Gasteiger partial charge in [-0.05, 0) is 111 Å². The van der Waals surface area contributed by atoms with Crippen LogP contribution in [0.1, 0.15) is 76.1 Å². The normalized spacial score (nSPS) is 19.1. The van der Waals surface area contributed by atoms with Crippen LogP contribution in [0.2, 0.25) is 0 Å². The fourth-order valence-electron chi connectivity index (χ4n) is 7.42. The van der Waals surface area contributed by atoms with Crippen molar-refractivity contribution in [1.29, 1.82) is 0 Å². The Labute approximate surface area is 260 Å². The smallest absolute Gasteiger partial charge is 0.253 e. The van der Waals surface area contributed by atoms with Crippen LogP contribution in [-0.2, 0) is 22.4 Å². The summed E-state index contributed by atoms with van der Waals surface area (Å²) in [4.78, 5) is 34.5. The summed E-state index contributed by atoms with van der Waals surface area (Å²) >= 11 is 0. The van der Waals surface area contributed by atoms with Gasteiger partial charge in [0.05, 0.1) is 13.2 Å². The lowest BCUT2D eigenvalue weighted by Gasteiger charge is -2.37. The molecule has 2 fully saturated rings. The number of ether oxygens (including phenoxy) is 2. The molecule has 234 valence electrons. The molecule has 1 atom stereocenters. The molecule has 0 radical (unpaired) electrons. The lowest BCUT2D eigenvalue weighted by atomic mass is 9.93. The Morgan fingerprint density at radius 2 is 1.73 bits per heavy atom. The first kappa shape index (κ1) is 30.6. The molecule has 44 heavy (non-hydrogen) atoms. The molecule has 3 aliphatic rings. The van der Waals surface area contributed by atoms with Crippen LogP contribution >= 0.6 is 0 Å². The third-order valence-electron chi connectivity index (χ3n) is 9.84. The molecule has 8 nitrogen and oxygen atoms in total. The van der Waals surface area contributed by atoms with Gasteiger partial charge in [0.15, 0.2) is 0 Å². The number of hydrogen-bond acceptors (Lipinski definition) is 6. The van der Waals surface area contributed by atoms with Gasteiger partial charge < -0.3 is 24.7 Å². The van der Waals surface area contributed by atoms with E-state index in [1.54, 1.807) is 0 Å². The maximum Gasteiger partial charge on any atom is 0.253 e. The van der Waals surface area contributed by atoms with Crippen LogP contribution in [0.4, 0.5) is 5.69 Å². The van der Waals surface area contributed by atoms with Gasteiger partial charge in [0.1, 0.15) is 0 Å². The van der Waals surface area contributed by atoms with Gasteiger partial charge in [0.25, 0.3) is 11.5 Å². The van der Waals surface area contributed by atoms with Gasteiger partial charge in [-0.3, -0.25) is 14.5 Å². The number of H-pyrrole nitrogens is 1. The molecule has 3 heterocycles. The van der Waals surface area contributed by atoms with E-state index in [0.717, 1.165) is 105 Å². The number of amides is 1. The van der Waals surface area contributed by atoms with Crippen molar-refractivity contribution in [2.75, 3.05) is 51.0 Å². The van der Waals surface area contributed by atoms with Crippen molar-refractivity contribution in [3.05, 3.63) is 85.8 Å². The average Bonchev–Trinajstić information content (AvgIpc) is 3.46. The minimum atomic E-state index is -0.166. The zero-order valence-electron chi connectivity index (χ0n) is 26.6. The molecule has 1 unspecified atom stereocenters. The highest BCUT2D eigenvalue weighted by Gasteiger charge is 2.30. The van der Waals surface area contributed by atoms with Gasteiger partial charge in [-0.1, -0.05) is 12.1 Å². The molecule has 1 aliphatic carbocycles. The summed E-state index contributed by atoms with van der Waals surface area (Å²) in [6, 6.07) is 13.9. The Hall–Kier alpha value is -3.46. The third kappa shape index (κ3) is 6.21. The molecule has 1 amide bonds. The van der Waals surface area contributed by atoms with Crippen molar-refractivity contribution in [2.45, 2.75) is 72.0 Å². The number of nitrogens with zero attached hydrogens (tertiary/aromatic N) is 2. The van der Waals surface area contributed by atoms with Crippen molar-refractivity contribution in [1.82, 2.24) is 15.2 Å². The summed E-state index contributed by atoms with van der Waals surface area (Å²) in [5, 5.41) is 3.08. The number of aryl methyl sites for hydroxylation is 3. The minimum absolute atomic E-state index is 0.154. The van der Waals surface area contributed by atoms with Gasteiger partial charge in [-0.25, -0.2) is 0 Å². The van der Waals surface area contributed by atoms with Crippen molar-refractivity contribution in [2.24, 2.45) is 0 Å². The molecule has 2 aliphatic heterocycles. The zero-order chi connectivity index (χ0) is 30.8. The number of carbonyl (C=O) groups is 1. The number of rotatable bonds is 8. The fraction of sp³-hybridized carbons (Fsp3) is 0.500. The Bertz CT molecular complexity index is 1570. The standard InChI is InChI=1S/C36H46N4O4/c1-5-40(29-10-14-43-15-11-29)34-21-28(27-7-6-26-8-9-33(31(26)19-27)39-12-16-44-17-13-39)20-30(25(34)4)35(41)37-22-32-23(2)18-24(3)38-36(32)42/h6-7,18-21,29,33H,5,8-17,22H2,1-4H3,(H,37,41)(H,38,42). The number of hydrogen-bond donors (Lipinski definition) is 2. The number of aromatic nitrogens is 1. The summed E-state index contributed by atoms with van der Waals surface area (Å²) in [6.07, 6.45) is 4.16. The molecule has 0 spiro atoms. The molecular formula is C36H46N4O4. The molecule has 3 aromatic rings. The second-order valence-electron chi connectivity index (χ2n) is 12.5. The quantitative estimate of drug-likeness (QED) is 0.370. The second kappa shape index (κ2) is 13.3. The van der Waals surface area contributed by atoms with Crippen molar-refractivity contribution < 1.29 is 14.3 Å². The predicted molar refractivity (Wildman–Crippen MR) is 175 cm³/mol. The van der Waals surface area contributed by atoms with E-state index in [1.165, 1.54) is 11.1 Å². The number of nitrogens with one attached hydrogen (secondary N) is 2. The topological polar surface area (TPSA) is 86.9 Å². The number of aromatic amines is 1. The molecule has 6 rings (SSSR count).